The molecule has 1 aliphatic rings. The highest BCUT2D eigenvalue weighted by atomic mass is 35.5. The number of rotatable bonds is 2. The van der Waals surface area contributed by atoms with Crippen LogP contribution >= 0.6 is 11.6 Å². The van der Waals surface area contributed by atoms with Crippen molar-refractivity contribution in [1.29, 1.82) is 0 Å². The molecule has 0 aliphatic carbocycles. The number of imidazole rings is 1. The number of anilines is 1. The number of carbonyl (C=O) groups excluding carboxylic acids is 1. The van der Waals surface area contributed by atoms with Crippen LogP contribution in [0.2, 0.25) is 5.02 Å². The molecule has 3 aromatic rings. The van der Waals surface area contributed by atoms with Crippen molar-refractivity contribution in [2.45, 2.75) is 26.7 Å². The fourth-order valence-electron chi connectivity index (χ4n) is 3.31. The van der Waals surface area contributed by atoms with Crippen LogP contribution < -0.4 is 4.90 Å². The molecule has 0 saturated heterocycles. The molecule has 5 nitrogen and oxygen atoms in total. The summed E-state index contributed by atoms with van der Waals surface area (Å²) in [6.07, 6.45) is 5.02. The zero-order valence-electron chi connectivity index (χ0n) is 13.6. The first-order valence-electron chi connectivity index (χ1n) is 8.03. The lowest BCUT2D eigenvalue weighted by Crippen LogP contribution is -2.31. The van der Waals surface area contributed by atoms with Crippen molar-refractivity contribution in [2.24, 2.45) is 0 Å². The van der Waals surface area contributed by atoms with E-state index in [1.165, 1.54) is 5.56 Å². The van der Waals surface area contributed by atoms with Gasteiger partial charge in [-0.1, -0.05) is 18.5 Å². The molecule has 0 bridgehead atoms. The number of carbonyl (C=O) groups is 1. The van der Waals surface area contributed by atoms with E-state index in [1.54, 1.807) is 27.8 Å². The number of aryl methyl sites for hydroxylation is 2. The number of pyridine rings is 2. The summed E-state index contributed by atoms with van der Waals surface area (Å²) in [6.45, 7) is 4.70. The van der Waals surface area contributed by atoms with Gasteiger partial charge in [-0.15, -0.1) is 0 Å². The Bertz CT molecular complexity index is 963. The third-order valence-electron chi connectivity index (χ3n) is 4.55. The highest BCUT2D eigenvalue weighted by Gasteiger charge is 2.31. The molecule has 24 heavy (non-hydrogen) atoms. The van der Waals surface area contributed by atoms with Gasteiger partial charge in [-0.25, -0.2) is 9.97 Å². The predicted molar refractivity (Wildman–Crippen MR) is 93.9 cm³/mol. The van der Waals surface area contributed by atoms with Crippen molar-refractivity contribution in [1.82, 2.24) is 14.4 Å². The number of amides is 1. The normalized spacial score (nSPS) is 13.5. The number of hydrogen-bond acceptors (Lipinski definition) is 3. The summed E-state index contributed by atoms with van der Waals surface area (Å²) in [5.74, 6) is 0.692. The van der Waals surface area contributed by atoms with E-state index in [0.717, 1.165) is 29.1 Å². The Labute approximate surface area is 144 Å². The Morgan fingerprint density at radius 2 is 2.17 bits per heavy atom. The van der Waals surface area contributed by atoms with Gasteiger partial charge in [0.15, 0.2) is 0 Å². The molecule has 1 aliphatic heterocycles. The maximum Gasteiger partial charge on any atom is 0.278 e. The van der Waals surface area contributed by atoms with E-state index in [9.17, 15) is 4.79 Å². The van der Waals surface area contributed by atoms with Crippen LogP contribution in [0, 0.1) is 6.92 Å². The first kappa shape index (κ1) is 15.1. The topological polar surface area (TPSA) is 50.5 Å². The molecular weight excluding hydrogens is 324 g/mol. The number of aromatic nitrogens is 3. The second kappa shape index (κ2) is 5.60. The average Bonchev–Trinajstić information content (AvgIpc) is 3.16. The molecule has 1 amide bonds. The highest BCUT2D eigenvalue weighted by molar-refractivity contribution is 6.30. The van der Waals surface area contributed by atoms with Crippen LogP contribution in [0.25, 0.3) is 5.65 Å². The Morgan fingerprint density at radius 1 is 1.33 bits per heavy atom. The molecule has 0 unspecified atom stereocenters. The molecule has 0 aromatic carbocycles. The van der Waals surface area contributed by atoms with E-state index in [1.807, 2.05) is 19.1 Å². The first-order valence-corrected chi connectivity index (χ1v) is 8.40. The van der Waals surface area contributed by atoms with E-state index in [4.69, 9.17) is 11.6 Å². The van der Waals surface area contributed by atoms with Crippen molar-refractivity contribution in [2.75, 3.05) is 11.4 Å². The van der Waals surface area contributed by atoms with E-state index in [2.05, 4.69) is 16.9 Å². The van der Waals surface area contributed by atoms with Gasteiger partial charge in [0.05, 0.1) is 10.7 Å². The summed E-state index contributed by atoms with van der Waals surface area (Å²) in [6, 6.07) is 5.60. The molecule has 3 aromatic heterocycles. The lowest BCUT2D eigenvalue weighted by molar-refractivity contribution is 0.0982. The second-order valence-corrected chi connectivity index (χ2v) is 6.41. The number of hydrogen-bond donors (Lipinski definition) is 0. The van der Waals surface area contributed by atoms with Gasteiger partial charge in [-0.3, -0.25) is 14.1 Å². The Kier molecular flexibility index (Phi) is 3.53. The fraction of sp³-hybridized carbons (Fsp3) is 0.278. The fourth-order valence-corrected chi connectivity index (χ4v) is 3.47. The summed E-state index contributed by atoms with van der Waals surface area (Å²) in [7, 11) is 0. The van der Waals surface area contributed by atoms with E-state index in [0.29, 0.717) is 23.7 Å². The summed E-state index contributed by atoms with van der Waals surface area (Å²) >= 11 is 6.12. The number of halogens is 1. The smallest absolute Gasteiger partial charge is 0.278 e. The minimum atomic E-state index is -0.0709. The van der Waals surface area contributed by atoms with Crippen LogP contribution in [-0.2, 0) is 12.8 Å². The maximum absolute atomic E-state index is 13.3. The molecule has 6 heteroatoms. The minimum absolute atomic E-state index is 0.0709. The molecule has 4 rings (SSSR count). The number of nitrogens with zero attached hydrogens (tertiary/aromatic N) is 4. The predicted octanol–water partition coefficient (Wildman–Crippen LogP) is 3.46. The van der Waals surface area contributed by atoms with Gasteiger partial charge in [-0.2, -0.15) is 0 Å². The second-order valence-electron chi connectivity index (χ2n) is 5.97. The molecule has 0 radical (unpaired) electrons. The van der Waals surface area contributed by atoms with Gasteiger partial charge < -0.3 is 0 Å². The minimum Gasteiger partial charge on any atom is -0.294 e. The molecule has 0 spiro atoms. The van der Waals surface area contributed by atoms with Crippen LogP contribution in [-0.4, -0.2) is 26.8 Å². The highest BCUT2D eigenvalue weighted by Crippen LogP contribution is 2.30. The third-order valence-corrected chi connectivity index (χ3v) is 4.77. The van der Waals surface area contributed by atoms with Crippen LogP contribution in [0.4, 0.5) is 5.82 Å². The van der Waals surface area contributed by atoms with Gasteiger partial charge in [0.25, 0.3) is 5.91 Å². The molecular formula is C18H17ClN4O. The quantitative estimate of drug-likeness (QED) is 0.718. The maximum atomic E-state index is 13.3. The van der Waals surface area contributed by atoms with Gasteiger partial charge in [0.1, 0.15) is 17.2 Å². The standard InChI is InChI=1S/C18H17ClN4O/c1-3-14-16(23-10-12(19)4-5-15(23)21-14)18(24)22-9-7-13-11(2)6-8-20-17(13)22/h4-6,8,10H,3,7,9H2,1-2H3. The van der Waals surface area contributed by atoms with E-state index >= 15 is 0 Å². The number of fused-ring (bicyclic) bond motifs is 2. The van der Waals surface area contributed by atoms with Crippen molar-refractivity contribution < 1.29 is 4.79 Å². The molecule has 0 atom stereocenters. The lowest BCUT2D eigenvalue weighted by Gasteiger charge is -2.17. The van der Waals surface area contributed by atoms with Gasteiger partial charge in [-0.05, 0) is 49.1 Å². The van der Waals surface area contributed by atoms with Crippen molar-refractivity contribution in [3.05, 3.63) is 58.1 Å². The zero-order valence-corrected chi connectivity index (χ0v) is 14.3. The SMILES string of the molecule is CCc1nc2ccc(Cl)cn2c1C(=O)N1CCc2c(C)ccnc21. The molecule has 0 fully saturated rings. The molecule has 0 N–H and O–H groups in total. The van der Waals surface area contributed by atoms with E-state index in [-0.39, 0.29) is 5.91 Å². The third kappa shape index (κ3) is 2.19. The summed E-state index contributed by atoms with van der Waals surface area (Å²) < 4.78 is 1.79. The van der Waals surface area contributed by atoms with Crippen molar-refractivity contribution in [3.63, 3.8) is 0 Å². The van der Waals surface area contributed by atoms with Crippen molar-refractivity contribution in [3.8, 4) is 0 Å². The average molecular weight is 341 g/mol. The van der Waals surface area contributed by atoms with Crippen LogP contribution in [0.1, 0.15) is 34.2 Å². The molecule has 0 saturated carbocycles. The van der Waals surface area contributed by atoms with Gasteiger partial charge in [0.2, 0.25) is 0 Å². The van der Waals surface area contributed by atoms with Crippen LogP contribution in [0.3, 0.4) is 0 Å². The van der Waals surface area contributed by atoms with Crippen LogP contribution in [0.5, 0.6) is 0 Å². The van der Waals surface area contributed by atoms with Gasteiger partial charge in [0, 0.05) is 18.9 Å². The first-order chi connectivity index (χ1) is 11.6. The molecule has 4 heterocycles. The summed E-state index contributed by atoms with van der Waals surface area (Å²) in [5.41, 5.74) is 4.41. The molecule has 122 valence electrons. The largest absolute Gasteiger partial charge is 0.294 e. The lowest BCUT2D eigenvalue weighted by atomic mass is 10.1. The Hall–Kier alpha value is -2.40. The van der Waals surface area contributed by atoms with Crippen molar-refractivity contribution >= 4 is 29.0 Å². The Morgan fingerprint density at radius 3 is 2.96 bits per heavy atom. The zero-order chi connectivity index (χ0) is 16.8. The summed E-state index contributed by atoms with van der Waals surface area (Å²) in [4.78, 5) is 24.0. The summed E-state index contributed by atoms with van der Waals surface area (Å²) in [5, 5.41) is 0.576. The van der Waals surface area contributed by atoms with E-state index < -0.39 is 0 Å². The van der Waals surface area contributed by atoms with Gasteiger partial charge >= 0.3 is 0 Å². The monoisotopic (exact) mass is 340 g/mol. The Balaban J connectivity index is 1.86. The van der Waals surface area contributed by atoms with Crippen LogP contribution in [0.15, 0.2) is 30.6 Å².